The first-order valence-corrected chi connectivity index (χ1v) is 6.55. The van der Waals surface area contributed by atoms with Crippen LogP contribution in [-0.4, -0.2) is 13.1 Å². The van der Waals surface area contributed by atoms with Crippen molar-refractivity contribution in [1.82, 2.24) is 0 Å². The quantitative estimate of drug-likeness (QED) is 0.612. The smallest absolute Gasteiger partial charge is 0.348 e. The average molecular weight is 344 g/mol. The van der Waals surface area contributed by atoms with E-state index in [4.69, 9.17) is 4.74 Å². The van der Waals surface area contributed by atoms with Gasteiger partial charge in [-0.2, -0.15) is 0 Å². The highest BCUT2D eigenvalue weighted by Gasteiger charge is 2.14. The maximum absolute atomic E-state index is 11.4. The summed E-state index contributed by atoms with van der Waals surface area (Å²) in [6.45, 7) is 0. The molecule has 0 aliphatic heterocycles. The van der Waals surface area contributed by atoms with Crippen molar-refractivity contribution < 1.29 is 9.53 Å². The average Bonchev–Trinajstić information content (AvgIpc) is 2.71. The highest BCUT2D eigenvalue weighted by molar-refractivity contribution is 14.1. The van der Waals surface area contributed by atoms with Crippen LogP contribution < -0.4 is 0 Å². The predicted molar refractivity (Wildman–Crippen MR) is 73.8 cm³/mol. The number of halogens is 1. The number of rotatable bonds is 2. The molecule has 0 N–H and O–H groups in total. The van der Waals surface area contributed by atoms with Crippen LogP contribution in [0.25, 0.3) is 11.1 Å². The highest BCUT2D eigenvalue weighted by atomic mass is 127. The van der Waals surface area contributed by atoms with Crippen LogP contribution in [-0.2, 0) is 4.74 Å². The van der Waals surface area contributed by atoms with Crippen LogP contribution in [0.5, 0.6) is 0 Å². The molecular formula is C12H9IO2S. The topological polar surface area (TPSA) is 26.3 Å². The molecule has 0 fully saturated rings. The van der Waals surface area contributed by atoms with Crippen LogP contribution in [0.3, 0.4) is 0 Å². The van der Waals surface area contributed by atoms with Gasteiger partial charge in [0.05, 0.1) is 9.99 Å². The Hall–Kier alpha value is -0.880. The van der Waals surface area contributed by atoms with Crippen molar-refractivity contribution in [3.63, 3.8) is 0 Å². The first-order chi connectivity index (χ1) is 7.72. The van der Waals surface area contributed by atoms with Crippen molar-refractivity contribution in [1.29, 1.82) is 0 Å². The Bertz CT molecular complexity index is 505. The number of thiophene rings is 1. The van der Waals surface area contributed by atoms with Crippen molar-refractivity contribution in [3.05, 3.63) is 44.2 Å². The number of esters is 1. The Balaban J connectivity index is 2.44. The Morgan fingerprint density at radius 3 is 2.62 bits per heavy atom. The molecule has 2 nitrogen and oxygen atoms in total. The van der Waals surface area contributed by atoms with E-state index < -0.39 is 0 Å². The zero-order chi connectivity index (χ0) is 11.5. The van der Waals surface area contributed by atoms with Crippen molar-refractivity contribution >= 4 is 39.9 Å². The number of carbonyl (C=O) groups is 1. The summed E-state index contributed by atoms with van der Waals surface area (Å²) >= 11 is 3.70. The minimum Gasteiger partial charge on any atom is -0.465 e. The van der Waals surface area contributed by atoms with Gasteiger partial charge in [-0.25, -0.2) is 4.79 Å². The van der Waals surface area contributed by atoms with Gasteiger partial charge in [0.15, 0.2) is 0 Å². The van der Waals surface area contributed by atoms with Crippen LogP contribution >= 0.6 is 33.9 Å². The number of ether oxygens (including phenoxy) is 1. The van der Waals surface area contributed by atoms with Gasteiger partial charge in [-0.3, -0.25) is 0 Å². The molecule has 0 bridgehead atoms. The number of hydrogen-bond donors (Lipinski definition) is 0. The van der Waals surface area contributed by atoms with Crippen molar-refractivity contribution in [2.24, 2.45) is 0 Å². The zero-order valence-corrected chi connectivity index (χ0v) is 11.5. The Morgan fingerprint density at radius 1 is 1.31 bits per heavy atom. The summed E-state index contributed by atoms with van der Waals surface area (Å²) in [6, 6.07) is 11.9. The zero-order valence-electron chi connectivity index (χ0n) is 8.57. The number of benzene rings is 1. The maximum Gasteiger partial charge on any atom is 0.348 e. The summed E-state index contributed by atoms with van der Waals surface area (Å²) in [5.74, 6) is -0.273. The van der Waals surface area contributed by atoms with Gasteiger partial charge in [-0.05, 0) is 34.2 Å². The van der Waals surface area contributed by atoms with Crippen molar-refractivity contribution in [2.75, 3.05) is 7.11 Å². The van der Waals surface area contributed by atoms with E-state index in [0.29, 0.717) is 4.88 Å². The SMILES string of the molecule is COC(=O)c1cc(-c2ccccc2)c(I)s1. The summed E-state index contributed by atoms with van der Waals surface area (Å²) in [4.78, 5) is 12.0. The molecule has 0 spiro atoms. The minimum atomic E-state index is -0.273. The monoisotopic (exact) mass is 344 g/mol. The van der Waals surface area contributed by atoms with E-state index in [1.807, 2.05) is 36.4 Å². The van der Waals surface area contributed by atoms with E-state index >= 15 is 0 Å². The Kier molecular flexibility index (Phi) is 3.60. The third-order valence-corrected chi connectivity index (χ3v) is 4.30. The summed E-state index contributed by atoms with van der Waals surface area (Å²) < 4.78 is 5.81. The molecular weight excluding hydrogens is 335 g/mol. The highest BCUT2D eigenvalue weighted by Crippen LogP contribution is 2.32. The van der Waals surface area contributed by atoms with Crippen LogP contribution in [0.15, 0.2) is 36.4 Å². The lowest BCUT2D eigenvalue weighted by Crippen LogP contribution is -1.96. The molecule has 0 saturated carbocycles. The normalized spacial score (nSPS) is 10.1. The van der Waals surface area contributed by atoms with Gasteiger partial charge in [0.25, 0.3) is 0 Å². The van der Waals surface area contributed by atoms with Gasteiger partial charge >= 0.3 is 5.97 Å². The van der Waals surface area contributed by atoms with Crippen LogP contribution in [0.4, 0.5) is 0 Å². The summed E-state index contributed by atoms with van der Waals surface area (Å²) in [6.07, 6.45) is 0. The minimum absolute atomic E-state index is 0.273. The van der Waals surface area contributed by atoms with E-state index in [1.165, 1.54) is 18.4 Å². The molecule has 1 heterocycles. The van der Waals surface area contributed by atoms with Crippen molar-refractivity contribution in [3.8, 4) is 11.1 Å². The fraction of sp³-hybridized carbons (Fsp3) is 0.0833. The van der Waals surface area contributed by atoms with Gasteiger partial charge in [0, 0.05) is 5.56 Å². The second-order valence-electron chi connectivity index (χ2n) is 3.16. The van der Waals surface area contributed by atoms with E-state index in [2.05, 4.69) is 22.6 Å². The fourth-order valence-corrected chi connectivity index (χ4v) is 3.39. The molecule has 0 amide bonds. The Labute approximate surface area is 111 Å². The lowest BCUT2D eigenvalue weighted by molar-refractivity contribution is 0.0606. The fourth-order valence-electron chi connectivity index (χ4n) is 1.38. The standard InChI is InChI=1S/C12H9IO2S/c1-15-12(14)10-7-9(11(13)16-10)8-5-3-2-4-6-8/h2-7H,1H3. The van der Waals surface area contributed by atoms with Gasteiger partial charge < -0.3 is 4.74 Å². The second-order valence-corrected chi connectivity index (χ2v) is 6.02. The molecule has 1 aromatic carbocycles. The molecule has 0 saturated heterocycles. The van der Waals surface area contributed by atoms with Gasteiger partial charge in [0.2, 0.25) is 0 Å². The van der Waals surface area contributed by atoms with Crippen molar-refractivity contribution in [2.45, 2.75) is 0 Å². The largest absolute Gasteiger partial charge is 0.465 e. The van der Waals surface area contributed by atoms with Crippen LogP contribution in [0, 0.1) is 2.88 Å². The first-order valence-electron chi connectivity index (χ1n) is 4.65. The molecule has 1 aromatic heterocycles. The molecule has 0 atom stereocenters. The lowest BCUT2D eigenvalue weighted by Gasteiger charge is -1.97. The summed E-state index contributed by atoms with van der Waals surface area (Å²) in [5.41, 5.74) is 2.21. The summed E-state index contributed by atoms with van der Waals surface area (Å²) in [5, 5.41) is 0. The number of methoxy groups -OCH3 is 1. The molecule has 2 aromatic rings. The predicted octanol–water partition coefficient (Wildman–Crippen LogP) is 3.81. The molecule has 16 heavy (non-hydrogen) atoms. The molecule has 82 valence electrons. The van der Waals surface area contributed by atoms with E-state index in [-0.39, 0.29) is 5.97 Å². The van der Waals surface area contributed by atoms with Crippen LogP contribution in [0.1, 0.15) is 9.67 Å². The molecule has 0 unspecified atom stereocenters. The van der Waals surface area contributed by atoms with E-state index in [0.717, 1.165) is 14.0 Å². The molecule has 4 heteroatoms. The Morgan fingerprint density at radius 2 is 2.00 bits per heavy atom. The second kappa shape index (κ2) is 4.97. The van der Waals surface area contributed by atoms with Gasteiger partial charge in [-0.1, -0.05) is 30.3 Å². The number of carbonyl (C=O) groups excluding carboxylic acids is 1. The first kappa shape index (κ1) is 11.6. The summed E-state index contributed by atoms with van der Waals surface area (Å²) in [7, 11) is 1.40. The molecule has 0 aliphatic carbocycles. The van der Waals surface area contributed by atoms with E-state index in [9.17, 15) is 4.79 Å². The van der Waals surface area contributed by atoms with Crippen LogP contribution in [0.2, 0.25) is 0 Å². The molecule has 0 radical (unpaired) electrons. The molecule has 0 aliphatic rings. The number of hydrogen-bond acceptors (Lipinski definition) is 3. The molecule has 2 rings (SSSR count). The lowest BCUT2D eigenvalue weighted by atomic mass is 10.1. The van der Waals surface area contributed by atoms with Gasteiger partial charge in [-0.15, -0.1) is 11.3 Å². The third-order valence-electron chi connectivity index (χ3n) is 2.16. The maximum atomic E-state index is 11.4. The van der Waals surface area contributed by atoms with Gasteiger partial charge in [0.1, 0.15) is 4.88 Å². The van der Waals surface area contributed by atoms with E-state index in [1.54, 1.807) is 0 Å². The third kappa shape index (κ3) is 2.27.